The number of nitrogens with zero attached hydrogens (tertiary/aromatic N) is 5. The van der Waals surface area contributed by atoms with E-state index >= 15 is 0 Å². The lowest BCUT2D eigenvalue weighted by atomic mass is 9.97. The fourth-order valence-corrected chi connectivity index (χ4v) is 2.23. The molecule has 1 atom stereocenters. The van der Waals surface area contributed by atoms with Crippen LogP contribution in [-0.4, -0.2) is 27.0 Å². The molecule has 2 rings (SSSR count). The van der Waals surface area contributed by atoms with Crippen LogP contribution >= 0.6 is 11.5 Å². The van der Waals surface area contributed by atoms with Crippen molar-refractivity contribution in [2.45, 2.75) is 19.9 Å². The van der Waals surface area contributed by atoms with Crippen LogP contribution < -0.4 is 0 Å². The molecule has 22 heavy (non-hydrogen) atoms. The lowest BCUT2D eigenvalue weighted by molar-refractivity contribution is 0.0959. The summed E-state index contributed by atoms with van der Waals surface area (Å²) in [6.45, 7) is 3.06. The maximum Gasteiger partial charge on any atom is 0.249 e. The number of benzene rings is 1. The molecular weight excluding hydrogens is 302 g/mol. The van der Waals surface area contributed by atoms with Gasteiger partial charge in [0.25, 0.3) is 0 Å². The Bertz CT molecular complexity index is 791. The van der Waals surface area contributed by atoms with Crippen molar-refractivity contribution in [3.63, 3.8) is 0 Å². The van der Waals surface area contributed by atoms with Gasteiger partial charge in [-0.25, -0.2) is 4.98 Å². The van der Waals surface area contributed by atoms with Crippen molar-refractivity contribution in [1.82, 2.24) is 9.36 Å². The second-order valence-electron chi connectivity index (χ2n) is 4.34. The highest BCUT2D eigenvalue weighted by Gasteiger charge is 2.23. The Labute approximate surface area is 130 Å². The first-order valence-electron chi connectivity index (χ1n) is 6.28. The third-order valence-corrected chi connectivity index (χ3v) is 3.41. The first kappa shape index (κ1) is 15.6. The van der Waals surface area contributed by atoms with Crippen LogP contribution in [0.15, 0.2) is 34.5 Å². The summed E-state index contributed by atoms with van der Waals surface area (Å²) in [6.07, 6.45) is 0. The Hall–Kier alpha value is -2.79. The minimum Gasteiger partial charge on any atom is -0.294 e. The Balaban J connectivity index is 2.28. The standard InChI is InChI=1S/C14H11N5O2S/c1-8(20)10-5-3-4-6-11(10)13(21)12(7-15)17-18-14-16-9(2)19-22-14/h3-6,12H,1-2H3. The van der Waals surface area contributed by atoms with Crippen LogP contribution in [0.4, 0.5) is 5.13 Å². The Morgan fingerprint density at radius 2 is 2.00 bits per heavy atom. The molecule has 1 unspecified atom stereocenters. The van der Waals surface area contributed by atoms with Crippen LogP contribution in [0.1, 0.15) is 33.5 Å². The summed E-state index contributed by atoms with van der Waals surface area (Å²) in [5, 5.41) is 16.9. The van der Waals surface area contributed by atoms with E-state index in [2.05, 4.69) is 19.6 Å². The fraction of sp³-hybridized carbons (Fsp3) is 0.214. The van der Waals surface area contributed by atoms with Crippen LogP contribution in [-0.2, 0) is 0 Å². The van der Waals surface area contributed by atoms with Crippen molar-refractivity contribution in [1.29, 1.82) is 5.26 Å². The summed E-state index contributed by atoms with van der Waals surface area (Å²) in [5.41, 5.74) is 0.420. The molecule has 0 aliphatic rings. The lowest BCUT2D eigenvalue weighted by Crippen LogP contribution is -2.19. The van der Waals surface area contributed by atoms with Crippen molar-refractivity contribution >= 4 is 28.2 Å². The van der Waals surface area contributed by atoms with Gasteiger partial charge in [0, 0.05) is 22.7 Å². The van der Waals surface area contributed by atoms with Crippen molar-refractivity contribution in [2.75, 3.05) is 0 Å². The number of rotatable bonds is 5. The molecule has 0 N–H and O–H groups in total. The van der Waals surface area contributed by atoms with Crippen LogP contribution in [0.3, 0.4) is 0 Å². The Morgan fingerprint density at radius 3 is 2.55 bits per heavy atom. The van der Waals surface area contributed by atoms with Gasteiger partial charge in [-0.15, -0.1) is 5.11 Å². The highest BCUT2D eigenvalue weighted by molar-refractivity contribution is 7.09. The molecule has 0 fully saturated rings. The number of aryl methyl sites for hydroxylation is 1. The molecule has 0 amide bonds. The number of azo groups is 1. The van der Waals surface area contributed by atoms with E-state index in [4.69, 9.17) is 5.26 Å². The smallest absolute Gasteiger partial charge is 0.249 e. The first-order chi connectivity index (χ1) is 10.5. The maximum absolute atomic E-state index is 12.4. The maximum atomic E-state index is 12.4. The zero-order valence-corrected chi connectivity index (χ0v) is 12.7. The van der Waals surface area contributed by atoms with E-state index in [-0.39, 0.29) is 22.0 Å². The molecule has 0 aliphatic heterocycles. The third-order valence-electron chi connectivity index (χ3n) is 2.72. The molecule has 8 heteroatoms. The van der Waals surface area contributed by atoms with Gasteiger partial charge in [-0.2, -0.15) is 14.7 Å². The molecular formula is C14H11N5O2S. The molecule has 0 saturated heterocycles. The second-order valence-corrected chi connectivity index (χ2v) is 5.07. The summed E-state index contributed by atoms with van der Waals surface area (Å²) in [7, 11) is 0. The lowest BCUT2D eigenvalue weighted by Gasteiger charge is -2.06. The van der Waals surface area contributed by atoms with E-state index in [1.165, 1.54) is 19.1 Å². The topological polar surface area (TPSA) is 108 Å². The van der Waals surface area contributed by atoms with E-state index in [0.29, 0.717) is 5.82 Å². The summed E-state index contributed by atoms with van der Waals surface area (Å²) in [6, 6.07) is 6.76. The quantitative estimate of drug-likeness (QED) is 0.622. The minimum absolute atomic E-state index is 0.161. The number of carbonyl (C=O) groups is 2. The zero-order valence-electron chi connectivity index (χ0n) is 11.8. The summed E-state index contributed by atoms with van der Waals surface area (Å²) >= 11 is 1.02. The van der Waals surface area contributed by atoms with E-state index in [1.54, 1.807) is 25.1 Å². The highest BCUT2D eigenvalue weighted by Crippen LogP contribution is 2.18. The van der Waals surface area contributed by atoms with Gasteiger partial charge >= 0.3 is 0 Å². The van der Waals surface area contributed by atoms with Crippen LogP contribution in [0.2, 0.25) is 0 Å². The van der Waals surface area contributed by atoms with Crippen molar-refractivity contribution in [3.05, 3.63) is 41.2 Å². The van der Waals surface area contributed by atoms with Crippen LogP contribution in [0, 0.1) is 18.3 Å². The Morgan fingerprint density at radius 1 is 1.32 bits per heavy atom. The van der Waals surface area contributed by atoms with Crippen LogP contribution in [0.5, 0.6) is 0 Å². The molecule has 110 valence electrons. The van der Waals surface area contributed by atoms with E-state index in [0.717, 1.165) is 11.5 Å². The van der Waals surface area contributed by atoms with Gasteiger partial charge in [0.05, 0.1) is 6.07 Å². The molecule has 7 nitrogen and oxygen atoms in total. The predicted octanol–water partition coefficient (Wildman–Crippen LogP) is 2.91. The van der Waals surface area contributed by atoms with E-state index < -0.39 is 11.8 Å². The average molecular weight is 313 g/mol. The molecule has 2 aromatic rings. The second kappa shape index (κ2) is 6.78. The molecule has 0 bridgehead atoms. The molecule has 0 radical (unpaired) electrons. The molecule has 1 aromatic carbocycles. The number of hydrogen-bond acceptors (Lipinski definition) is 8. The normalized spacial score (nSPS) is 12.0. The monoisotopic (exact) mass is 313 g/mol. The third kappa shape index (κ3) is 3.45. The average Bonchev–Trinajstić information content (AvgIpc) is 2.93. The number of Topliss-reactive ketones (excluding diaryl/α,β-unsaturated/α-hetero) is 2. The van der Waals surface area contributed by atoms with Gasteiger partial charge in [0.2, 0.25) is 17.0 Å². The van der Waals surface area contributed by atoms with Crippen molar-refractivity contribution in [2.24, 2.45) is 10.2 Å². The van der Waals surface area contributed by atoms with Gasteiger partial charge in [-0.3, -0.25) is 9.59 Å². The zero-order chi connectivity index (χ0) is 16.1. The summed E-state index contributed by atoms with van der Waals surface area (Å²) < 4.78 is 3.93. The predicted molar refractivity (Wildman–Crippen MR) is 79.3 cm³/mol. The van der Waals surface area contributed by atoms with E-state index in [9.17, 15) is 9.59 Å². The first-order valence-corrected chi connectivity index (χ1v) is 7.05. The van der Waals surface area contributed by atoms with Crippen molar-refractivity contribution < 1.29 is 9.59 Å². The van der Waals surface area contributed by atoms with Gasteiger partial charge in [0.1, 0.15) is 5.82 Å². The van der Waals surface area contributed by atoms with Gasteiger partial charge < -0.3 is 0 Å². The highest BCUT2D eigenvalue weighted by atomic mass is 32.1. The largest absolute Gasteiger partial charge is 0.294 e. The number of carbonyl (C=O) groups excluding carboxylic acids is 2. The SMILES string of the molecule is CC(=O)c1ccccc1C(=O)C(C#N)N=Nc1nc(C)ns1. The molecule has 0 aliphatic carbocycles. The van der Waals surface area contributed by atoms with E-state index in [1.807, 2.05) is 0 Å². The summed E-state index contributed by atoms with van der Waals surface area (Å²) in [5.74, 6) is -0.281. The summed E-state index contributed by atoms with van der Waals surface area (Å²) in [4.78, 5) is 27.9. The molecule has 0 spiro atoms. The molecule has 1 aromatic heterocycles. The molecule has 1 heterocycles. The van der Waals surface area contributed by atoms with Crippen molar-refractivity contribution in [3.8, 4) is 6.07 Å². The number of nitriles is 1. The van der Waals surface area contributed by atoms with Gasteiger partial charge in [-0.1, -0.05) is 24.3 Å². The number of hydrogen-bond donors (Lipinski definition) is 0. The minimum atomic E-state index is -1.33. The Kier molecular flexibility index (Phi) is 4.80. The van der Waals surface area contributed by atoms with Crippen LogP contribution in [0.25, 0.3) is 0 Å². The number of ketones is 2. The molecule has 0 saturated carbocycles. The van der Waals surface area contributed by atoms with Gasteiger partial charge in [-0.05, 0) is 13.8 Å². The van der Waals surface area contributed by atoms with Gasteiger partial charge in [0.15, 0.2) is 5.78 Å². The number of aromatic nitrogens is 2. The fourth-order valence-electron chi connectivity index (χ4n) is 1.72.